The van der Waals surface area contributed by atoms with Crippen molar-refractivity contribution >= 4 is 11.6 Å². The van der Waals surface area contributed by atoms with E-state index in [1.807, 2.05) is 17.5 Å². The molecule has 6 nitrogen and oxygen atoms in total. The molecule has 20 heavy (non-hydrogen) atoms. The van der Waals surface area contributed by atoms with Gasteiger partial charge >= 0.3 is 0 Å². The van der Waals surface area contributed by atoms with Crippen molar-refractivity contribution in [3.05, 3.63) is 35.8 Å². The van der Waals surface area contributed by atoms with Crippen molar-refractivity contribution in [3.63, 3.8) is 0 Å². The summed E-state index contributed by atoms with van der Waals surface area (Å²) in [5.41, 5.74) is 2.24. The van der Waals surface area contributed by atoms with E-state index in [-0.39, 0.29) is 11.9 Å². The number of amides is 1. The van der Waals surface area contributed by atoms with E-state index in [1.54, 1.807) is 18.3 Å². The summed E-state index contributed by atoms with van der Waals surface area (Å²) in [5, 5.41) is 12.6. The van der Waals surface area contributed by atoms with Gasteiger partial charge in [-0.1, -0.05) is 0 Å². The van der Waals surface area contributed by atoms with E-state index < -0.39 is 6.10 Å². The van der Waals surface area contributed by atoms with Crippen LogP contribution in [0.25, 0.3) is 5.65 Å². The molecule has 2 aromatic heterocycles. The Morgan fingerprint density at radius 1 is 1.50 bits per heavy atom. The third-order valence-electron chi connectivity index (χ3n) is 3.47. The minimum Gasteiger partial charge on any atom is -0.391 e. The number of rotatable bonds is 2. The lowest BCUT2D eigenvalue weighted by molar-refractivity contribution is -0.0140. The molecule has 1 fully saturated rings. The number of nitrogens with zero attached hydrogens (tertiary/aromatic N) is 2. The monoisotopic (exact) mass is 275 g/mol. The van der Waals surface area contributed by atoms with Crippen LogP contribution in [0.5, 0.6) is 0 Å². The fourth-order valence-corrected chi connectivity index (χ4v) is 2.37. The molecule has 2 aromatic rings. The first-order valence-corrected chi connectivity index (χ1v) is 6.65. The van der Waals surface area contributed by atoms with Crippen LogP contribution in [-0.2, 0) is 4.74 Å². The van der Waals surface area contributed by atoms with Gasteiger partial charge in [0, 0.05) is 19.0 Å². The molecule has 3 heterocycles. The summed E-state index contributed by atoms with van der Waals surface area (Å²) >= 11 is 0. The Labute approximate surface area is 116 Å². The van der Waals surface area contributed by atoms with Crippen molar-refractivity contribution in [1.82, 2.24) is 14.7 Å². The SMILES string of the molecule is Cc1cn2cc(C(=O)N[C@@H]3COCC[C@H]3O)ccc2n1. The van der Waals surface area contributed by atoms with Crippen LogP contribution in [0, 0.1) is 6.92 Å². The molecule has 2 atom stereocenters. The number of carbonyl (C=O) groups is 1. The van der Waals surface area contributed by atoms with E-state index in [0.29, 0.717) is 25.2 Å². The minimum absolute atomic E-state index is 0.215. The van der Waals surface area contributed by atoms with Crippen molar-refractivity contribution in [2.45, 2.75) is 25.5 Å². The van der Waals surface area contributed by atoms with Gasteiger partial charge in [-0.3, -0.25) is 4.79 Å². The van der Waals surface area contributed by atoms with Gasteiger partial charge in [0.15, 0.2) is 0 Å². The zero-order valence-electron chi connectivity index (χ0n) is 11.2. The van der Waals surface area contributed by atoms with E-state index in [1.165, 1.54) is 0 Å². The lowest BCUT2D eigenvalue weighted by Gasteiger charge is -2.28. The van der Waals surface area contributed by atoms with Gasteiger partial charge in [0.05, 0.1) is 30.0 Å². The summed E-state index contributed by atoms with van der Waals surface area (Å²) in [6.45, 7) is 2.79. The summed E-state index contributed by atoms with van der Waals surface area (Å²) in [5.74, 6) is -0.215. The van der Waals surface area contributed by atoms with Gasteiger partial charge in [0.1, 0.15) is 5.65 Å². The zero-order valence-corrected chi connectivity index (χ0v) is 11.2. The van der Waals surface area contributed by atoms with Gasteiger partial charge in [-0.15, -0.1) is 0 Å². The molecular formula is C14H17N3O3. The molecule has 1 saturated heterocycles. The van der Waals surface area contributed by atoms with Crippen LogP contribution in [0.4, 0.5) is 0 Å². The van der Waals surface area contributed by atoms with Crippen LogP contribution in [0.2, 0.25) is 0 Å². The molecule has 0 saturated carbocycles. The number of aromatic nitrogens is 2. The summed E-state index contributed by atoms with van der Waals surface area (Å²) in [4.78, 5) is 16.5. The maximum Gasteiger partial charge on any atom is 0.253 e. The normalized spacial score (nSPS) is 22.9. The van der Waals surface area contributed by atoms with Crippen molar-refractivity contribution in [1.29, 1.82) is 0 Å². The maximum absolute atomic E-state index is 12.2. The molecule has 0 spiro atoms. The van der Waals surface area contributed by atoms with Gasteiger partial charge in [0.25, 0.3) is 5.91 Å². The van der Waals surface area contributed by atoms with Gasteiger partial charge in [-0.25, -0.2) is 4.98 Å². The van der Waals surface area contributed by atoms with Crippen LogP contribution in [0.1, 0.15) is 22.5 Å². The fraction of sp³-hybridized carbons (Fsp3) is 0.429. The highest BCUT2D eigenvalue weighted by Crippen LogP contribution is 2.10. The van der Waals surface area contributed by atoms with E-state index in [2.05, 4.69) is 10.3 Å². The number of pyridine rings is 1. The Morgan fingerprint density at radius 3 is 3.15 bits per heavy atom. The topological polar surface area (TPSA) is 75.9 Å². The molecule has 0 aliphatic carbocycles. The van der Waals surface area contributed by atoms with E-state index in [9.17, 15) is 9.90 Å². The molecule has 0 unspecified atom stereocenters. The Hall–Kier alpha value is -1.92. The molecular weight excluding hydrogens is 258 g/mol. The second-order valence-electron chi connectivity index (χ2n) is 5.08. The van der Waals surface area contributed by atoms with E-state index in [0.717, 1.165) is 11.3 Å². The summed E-state index contributed by atoms with van der Waals surface area (Å²) in [6.07, 6.45) is 3.60. The summed E-state index contributed by atoms with van der Waals surface area (Å²) in [7, 11) is 0. The van der Waals surface area contributed by atoms with E-state index >= 15 is 0 Å². The Kier molecular flexibility index (Phi) is 3.42. The van der Waals surface area contributed by atoms with Crippen LogP contribution in [-0.4, -0.2) is 45.8 Å². The van der Waals surface area contributed by atoms with E-state index in [4.69, 9.17) is 4.74 Å². The number of hydrogen-bond acceptors (Lipinski definition) is 4. The Morgan fingerprint density at radius 2 is 2.35 bits per heavy atom. The van der Waals surface area contributed by atoms with Gasteiger partial charge < -0.3 is 19.6 Å². The smallest absolute Gasteiger partial charge is 0.253 e. The minimum atomic E-state index is -0.549. The Bertz CT molecular complexity index is 638. The van der Waals surface area contributed by atoms with Crippen LogP contribution < -0.4 is 5.32 Å². The van der Waals surface area contributed by atoms with Crippen molar-refractivity contribution in [2.75, 3.05) is 13.2 Å². The van der Waals surface area contributed by atoms with Crippen molar-refractivity contribution in [2.24, 2.45) is 0 Å². The molecule has 3 rings (SSSR count). The number of nitrogens with one attached hydrogen (secondary N) is 1. The average molecular weight is 275 g/mol. The number of aryl methyl sites for hydroxylation is 1. The van der Waals surface area contributed by atoms with Crippen LogP contribution in [0.15, 0.2) is 24.5 Å². The van der Waals surface area contributed by atoms with Gasteiger partial charge in [0.2, 0.25) is 0 Å². The number of fused-ring (bicyclic) bond motifs is 1. The Balaban J connectivity index is 1.77. The van der Waals surface area contributed by atoms with Crippen molar-refractivity contribution < 1.29 is 14.6 Å². The highest BCUT2D eigenvalue weighted by atomic mass is 16.5. The molecule has 2 N–H and O–H groups in total. The number of ether oxygens (including phenoxy) is 1. The first kappa shape index (κ1) is 13.1. The third kappa shape index (κ3) is 2.52. The lowest BCUT2D eigenvalue weighted by atomic mass is 10.1. The predicted octanol–water partition coefficient (Wildman–Crippen LogP) is 0.522. The molecule has 6 heteroatoms. The van der Waals surface area contributed by atoms with Crippen molar-refractivity contribution in [3.8, 4) is 0 Å². The number of carbonyl (C=O) groups excluding carboxylic acids is 1. The number of imidazole rings is 1. The number of aliphatic hydroxyl groups excluding tert-OH is 1. The first-order chi connectivity index (χ1) is 9.63. The summed E-state index contributed by atoms with van der Waals surface area (Å²) < 4.78 is 7.09. The highest BCUT2D eigenvalue weighted by Gasteiger charge is 2.25. The molecule has 1 aliphatic rings. The average Bonchev–Trinajstić information content (AvgIpc) is 2.80. The second kappa shape index (κ2) is 5.22. The quantitative estimate of drug-likeness (QED) is 0.838. The largest absolute Gasteiger partial charge is 0.391 e. The first-order valence-electron chi connectivity index (χ1n) is 6.65. The molecule has 106 valence electrons. The lowest BCUT2D eigenvalue weighted by Crippen LogP contribution is -2.49. The van der Waals surface area contributed by atoms with Gasteiger partial charge in [-0.05, 0) is 25.5 Å². The third-order valence-corrected chi connectivity index (χ3v) is 3.47. The molecule has 0 bridgehead atoms. The molecule has 0 aromatic carbocycles. The molecule has 0 radical (unpaired) electrons. The van der Waals surface area contributed by atoms with Gasteiger partial charge in [-0.2, -0.15) is 0 Å². The van der Waals surface area contributed by atoms with Crippen LogP contribution in [0.3, 0.4) is 0 Å². The maximum atomic E-state index is 12.2. The summed E-state index contributed by atoms with van der Waals surface area (Å²) in [6, 6.07) is 3.18. The number of hydrogen-bond donors (Lipinski definition) is 2. The molecule has 1 aliphatic heterocycles. The standard InChI is InChI=1S/C14H17N3O3/c1-9-6-17-7-10(2-3-13(17)15-9)14(19)16-11-8-20-5-4-12(11)18/h2-3,6-7,11-12,18H,4-5,8H2,1H3,(H,16,19)/t11-,12-/m1/s1. The zero-order chi connectivity index (χ0) is 14.1. The highest BCUT2D eigenvalue weighted by molar-refractivity contribution is 5.94. The fourth-order valence-electron chi connectivity index (χ4n) is 2.37. The number of aliphatic hydroxyl groups is 1. The van der Waals surface area contributed by atoms with Crippen LogP contribution >= 0.6 is 0 Å². The predicted molar refractivity (Wildman–Crippen MR) is 72.6 cm³/mol. The second-order valence-corrected chi connectivity index (χ2v) is 5.08. The molecule has 1 amide bonds.